The molecule has 0 saturated carbocycles. The topological polar surface area (TPSA) is 72.5 Å². The first-order chi connectivity index (χ1) is 13.2. The summed E-state index contributed by atoms with van der Waals surface area (Å²) in [7, 11) is 0. The van der Waals surface area contributed by atoms with Crippen LogP contribution >= 0.6 is 0 Å². The molecule has 1 aliphatic heterocycles. The first-order valence-corrected chi connectivity index (χ1v) is 8.84. The van der Waals surface area contributed by atoms with Gasteiger partial charge in [0, 0.05) is 6.07 Å². The molecule has 0 aromatic heterocycles. The summed E-state index contributed by atoms with van der Waals surface area (Å²) >= 11 is 0. The standard InChI is InChI=1S/C20H22O7/c1-4-22-17-9-13(10-18(23-5-2)19(17)24-6-3)20(21)27-14-7-8-15-16(11-14)26-12-25-15/h7-11H,4-6,12H2,1-3H3. The van der Waals surface area contributed by atoms with Gasteiger partial charge in [-0.05, 0) is 45.0 Å². The Kier molecular flexibility index (Phi) is 5.90. The van der Waals surface area contributed by atoms with Crippen molar-refractivity contribution >= 4 is 5.97 Å². The van der Waals surface area contributed by atoms with Gasteiger partial charge in [-0.2, -0.15) is 0 Å². The van der Waals surface area contributed by atoms with Crippen LogP contribution in [0, 0.1) is 0 Å². The van der Waals surface area contributed by atoms with Crippen LogP contribution in [-0.2, 0) is 0 Å². The lowest BCUT2D eigenvalue weighted by Crippen LogP contribution is -2.11. The highest BCUT2D eigenvalue weighted by Gasteiger charge is 2.21. The van der Waals surface area contributed by atoms with Crippen molar-refractivity contribution in [1.29, 1.82) is 0 Å². The van der Waals surface area contributed by atoms with Crippen LogP contribution in [0.15, 0.2) is 30.3 Å². The zero-order chi connectivity index (χ0) is 19.2. The Labute approximate surface area is 157 Å². The van der Waals surface area contributed by atoms with Gasteiger partial charge in [-0.1, -0.05) is 0 Å². The first kappa shape index (κ1) is 18.7. The van der Waals surface area contributed by atoms with Gasteiger partial charge in [-0.3, -0.25) is 0 Å². The summed E-state index contributed by atoms with van der Waals surface area (Å²) < 4.78 is 32.9. The number of fused-ring (bicyclic) bond motifs is 1. The summed E-state index contributed by atoms with van der Waals surface area (Å²) in [5.74, 6) is 2.31. The van der Waals surface area contributed by atoms with E-state index in [9.17, 15) is 4.79 Å². The van der Waals surface area contributed by atoms with Crippen LogP contribution in [0.4, 0.5) is 0 Å². The SMILES string of the molecule is CCOc1cc(C(=O)Oc2ccc3c(c2)OCO3)cc(OCC)c1OCC. The van der Waals surface area contributed by atoms with E-state index in [1.54, 1.807) is 30.3 Å². The molecule has 1 heterocycles. The minimum absolute atomic E-state index is 0.154. The average Bonchev–Trinajstić information content (AvgIpc) is 3.12. The van der Waals surface area contributed by atoms with E-state index in [-0.39, 0.29) is 6.79 Å². The van der Waals surface area contributed by atoms with Crippen LogP contribution in [0.2, 0.25) is 0 Å². The molecule has 0 bridgehead atoms. The van der Waals surface area contributed by atoms with Crippen LogP contribution < -0.4 is 28.4 Å². The molecule has 0 N–H and O–H groups in total. The van der Waals surface area contributed by atoms with Crippen molar-refractivity contribution in [2.45, 2.75) is 20.8 Å². The number of esters is 1. The van der Waals surface area contributed by atoms with E-state index in [0.29, 0.717) is 59.9 Å². The zero-order valence-corrected chi connectivity index (χ0v) is 15.6. The molecule has 0 atom stereocenters. The highest BCUT2D eigenvalue weighted by atomic mass is 16.7. The second kappa shape index (κ2) is 8.53. The van der Waals surface area contributed by atoms with E-state index >= 15 is 0 Å². The third-order valence-electron chi connectivity index (χ3n) is 3.70. The van der Waals surface area contributed by atoms with Crippen LogP contribution in [0.5, 0.6) is 34.5 Å². The number of carbonyl (C=O) groups excluding carboxylic acids is 1. The lowest BCUT2D eigenvalue weighted by Gasteiger charge is -2.16. The molecule has 7 heteroatoms. The van der Waals surface area contributed by atoms with Crippen LogP contribution in [0.25, 0.3) is 0 Å². The van der Waals surface area contributed by atoms with Gasteiger partial charge in [-0.25, -0.2) is 4.79 Å². The van der Waals surface area contributed by atoms with Gasteiger partial charge < -0.3 is 28.4 Å². The fraction of sp³-hybridized carbons (Fsp3) is 0.350. The van der Waals surface area contributed by atoms with Gasteiger partial charge in [0.05, 0.1) is 25.4 Å². The Bertz CT molecular complexity index is 789. The largest absolute Gasteiger partial charge is 0.490 e. The van der Waals surface area contributed by atoms with Crippen LogP contribution in [-0.4, -0.2) is 32.6 Å². The quantitative estimate of drug-likeness (QED) is 0.513. The summed E-state index contributed by atoms with van der Waals surface area (Å²) in [6, 6.07) is 8.13. The molecule has 3 rings (SSSR count). The second-order valence-corrected chi connectivity index (χ2v) is 5.51. The minimum Gasteiger partial charge on any atom is -0.490 e. The predicted octanol–water partition coefficient (Wildman–Crippen LogP) is 3.83. The molecule has 144 valence electrons. The molecular weight excluding hydrogens is 352 g/mol. The Morgan fingerprint density at radius 2 is 1.52 bits per heavy atom. The molecule has 0 unspecified atom stereocenters. The zero-order valence-electron chi connectivity index (χ0n) is 15.6. The van der Waals surface area contributed by atoms with E-state index in [0.717, 1.165) is 0 Å². The third kappa shape index (κ3) is 4.19. The van der Waals surface area contributed by atoms with E-state index in [1.807, 2.05) is 20.8 Å². The molecule has 2 aromatic carbocycles. The molecule has 0 spiro atoms. The maximum atomic E-state index is 12.7. The average molecular weight is 374 g/mol. The number of benzene rings is 2. The van der Waals surface area contributed by atoms with Gasteiger partial charge in [0.15, 0.2) is 23.0 Å². The summed E-state index contributed by atoms with van der Waals surface area (Å²) in [5, 5.41) is 0. The maximum Gasteiger partial charge on any atom is 0.343 e. The number of rotatable bonds is 8. The summed E-state index contributed by atoms with van der Waals surface area (Å²) in [6.45, 7) is 7.02. The number of hydrogen-bond acceptors (Lipinski definition) is 7. The summed E-state index contributed by atoms with van der Waals surface area (Å²) in [5.41, 5.74) is 0.294. The number of hydrogen-bond donors (Lipinski definition) is 0. The second-order valence-electron chi connectivity index (χ2n) is 5.51. The van der Waals surface area contributed by atoms with Crippen molar-refractivity contribution in [3.63, 3.8) is 0 Å². The molecular formula is C20H22O7. The molecule has 0 fully saturated rings. The number of ether oxygens (including phenoxy) is 6. The molecule has 0 amide bonds. The molecule has 7 nitrogen and oxygen atoms in total. The Morgan fingerprint density at radius 3 is 2.15 bits per heavy atom. The Balaban J connectivity index is 1.88. The fourth-order valence-corrected chi connectivity index (χ4v) is 2.61. The predicted molar refractivity (Wildman–Crippen MR) is 97.5 cm³/mol. The molecule has 0 aliphatic carbocycles. The van der Waals surface area contributed by atoms with Crippen molar-refractivity contribution in [1.82, 2.24) is 0 Å². The molecule has 2 aromatic rings. The monoisotopic (exact) mass is 374 g/mol. The van der Waals surface area contributed by atoms with E-state index in [4.69, 9.17) is 28.4 Å². The third-order valence-corrected chi connectivity index (χ3v) is 3.70. The lowest BCUT2D eigenvalue weighted by molar-refractivity contribution is 0.0733. The van der Waals surface area contributed by atoms with Crippen molar-refractivity contribution in [3.05, 3.63) is 35.9 Å². The van der Waals surface area contributed by atoms with Crippen molar-refractivity contribution in [2.24, 2.45) is 0 Å². The normalized spacial score (nSPS) is 11.8. The van der Waals surface area contributed by atoms with Gasteiger partial charge in [0.2, 0.25) is 12.5 Å². The van der Waals surface area contributed by atoms with Gasteiger partial charge in [0.1, 0.15) is 5.75 Å². The van der Waals surface area contributed by atoms with Gasteiger partial charge >= 0.3 is 5.97 Å². The van der Waals surface area contributed by atoms with Gasteiger partial charge in [0.25, 0.3) is 0 Å². The van der Waals surface area contributed by atoms with Crippen molar-refractivity contribution in [2.75, 3.05) is 26.6 Å². The molecule has 0 saturated heterocycles. The Hall–Kier alpha value is -3.09. The van der Waals surface area contributed by atoms with E-state index in [1.165, 1.54) is 0 Å². The Morgan fingerprint density at radius 1 is 0.889 bits per heavy atom. The fourth-order valence-electron chi connectivity index (χ4n) is 2.61. The first-order valence-electron chi connectivity index (χ1n) is 8.84. The van der Waals surface area contributed by atoms with Crippen LogP contribution in [0.1, 0.15) is 31.1 Å². The van der Waals surface area contributed by atoms with Crippen LogP contribution in [0.3, 0.4) is 0 Å². The number of carbonyl (C=O) groups is 1. The van der Waals surface area contributed by atoms with Gasteiger partial charge in [-0.15, -0.1) is 0 Å². The lowest BCUT2D eigenvalue weighted by atomic mass is 10.1. The molecule has 27 heavy (non-hydrogen) atoms. The van der Waals surface area contributed by atoms with E-state index in [2.05, 4.69) is 0 Å². The minimum atomic E-state index is -0.543. The van der Waals surface area contributed by atoms with Crippen molar-refractivity contribution < 1.29 is 33.2 Å². The maximum absolute atomic E-state index is 12.7. The van der Waals surface area contributed by atoms with E-state index < -0.39 is 5.97 Å². The molecule has 0 radical (unpaired) electrons. The van der Waals surface area contributed by atoms with Crippen molar-refractivity contribution in [3.8, 4) is 34.5 Å². The smallest absolute Gasteiger partial charge is 0.343 e. The summed E-state index contributed by atoms with van der Waals surface area (Å²) in [6.07, 6.45) is 0. The highest BCUT2D eigenvalue weighted by Crippen LogP contribution is 2.40. The molecule has 1 aliphatic rings. The highest BCUT2D eigenvalue weighted by molar-refractivity contribution is 5.92. The summed E-state index contributed by atoms with van der Waals surface area (Å²) in [4.78, 5) is 12.7.